The molecule has 1 aromatic heterocycles. The molecule has 4 rings (SSSR count). The molecule has 0 unspecified atom stereocenters. The molecule has 0 aliphatic rings. The van der Waals surface area contributed by atoms with Crippen molar-refractivity contribution in [1.29, 1.82) is 0 Å². The Labute approximate surface area is 173 Å². The number of nitrogens with zero attached hydrogens (tertiary/aromatic N) is 3. The molecule has 8 nitrogen and oxygen atoms in total. The van der Waals surface area contributed by atoms with Gasteiger partial charge in [0.05, 0.1) is 11.4 Å². The van der Waals surface area contributed by atoms with Crippen LogP contribution in [0.2, 0.25) is 0 Å². The Morgan fingerprint density at radius 2 is 1.90 bits per heavy atom. The number of aromatic nitrogens is 2. The van der Waals surface area contributed by atoms with Crippen LogP contribution >= 0.6 is 0 Å². The number of carbonyl (C=O) groups excluding carboxylic acids is 1. The van der Waals surface area contributed by atoms with Gasteiger partial charge in [0.2, 0.25) is 5.88 Å². The Kier molecular flexibility index (Phi) is 5.34. The Balaban J connectivity index is 1.54. The molecule has 152 valence electrons. The summed E-state index contributed by atoms with van der Waals surface area (Å²) in [5.74, 6) is 11.5. The summed E-state index contributed by atoms with van der Waals surface area (Å²) in [5, 5.41) is 7.77. The number of nitrogens with one attached hydrogen (secondary N) is 1. The minimum atomic E-state index is -0.623. The average molecular weight is 402 g/mol. The topological polar surface area (TPSA) is 111 Å². The van der Waals surface area contributed by atoms with Crippen LogP contribution in [0.25, 0.3) is 16.5 Å². The Bertz CT molecular complexity index is 1200. The Hall–Kier alpha value is -3.88. The zero-order valence-electron chi connectivity index (χ0n) is 16.4. The molecule has 2 amide bonds. The first-order valence-corrected chi connectivity index (χ1v) is 9.38. The number of carbonyl (C=O) groups is 1. The number of ether oxygens (including phenoxy) is 1. The number of benzene rings is 3. The van der Waals surface area contributed by atoms with E-state index in [0.29, 0.717) is 11.6 Å². The van der Waals surface area contributed by atoms with Crippen molar-refractivity contribution in [3.8, 4) is 11.6 Å². The lowest BCUT2D eigenvalue weighted by atomic mass is 10.1. The molecule has 0 atom stereocenters. The molecule has 0 saturated heterocycles. The van der Waals surface area contributed by atoms with Gasteiger partial charge in [-0.15, -0.1) is 5.10 Å². The lowest BCUT2D eigenvalue weighted by molar-refractivity contribution is 0.246. The summed E-state index contributed by atoms with van der Waals surface area (Å²) >= 11 is 0. The van der Waals surface area contributed by atoms with E-state index in [9.17, 15) is 4.79 Å². The molecule has 5 N–H and O–H groups in total. The van der Waals surface area contributed by atoms with Gasteiger partial charge in [-0.05, 0) is 41.5 Å². The van der Waals surface area contributed by atoms with Gasteiger partial charge in [0.1, 0.15) is 6.61 Å². The number of aryl methyl sites for hydroxylation is 1. The molecule has 3 aromatic carbocycles. The molecule has 30 heavy (non-hydrogen) atoms. The molecular weight excluding hydrogens is 380 g/mol. The van der Waals surface area contributed by atoms with Gasteiger partial charge in [-0.25, -0.2) is 26.2 Å². The molecule has 8 heteroatoms. The highest BCUT2D eigenvalue weighted by Crippen LogP contribution is 2.24. The third kappa shape index (κ3) is 3.82. The maximum Gasteiger partial charge on any atom is 0.350 e. The predicted octanol–water partition coefficient (Wildman–Crippen LogP) is 3.18. The number of anilines is 1. The number of rotatable bonds is 5. The number of hydrogen-bond donors (Lipinski definition) is 3. The molecule has 0 spiro atoms. The van der Waals surface area contributed by atoms with E-state index in [-0.39, 0.29) is 6.61 Å². The minimum absolute atomic E-state index is 0.197. The standard InChI is InChI=1S/C22H22N6O2/c1-15-5-4-8-20(28(24)22(29)25-23)19(15)14-30-21-11-12-27(26-21)18-10-9-16-6-2-3-7-17(16)13-18/h2-13H,14,23-24H2,1H3,(H,25,29). The van der Waals surface area contributed by atoms with Gasteiger partial charge in [-0.2, -0.15) is 0 Å². The second-order valence-corrected chi connectivity index (χ2v) is 6.81. The quantitative estimate of drug-likeness (QED) is 0.270. The molecule has 0 radical (unpaired) electrons. The van der Waals surface area contributed by atoms with E-state index in [1.165, 1.54) is 5.39 Å². The van der Waals surface area contributed by atoms with E-state index in [2.05, 4.69) is 29.4 Å². The molecule has 4 aromatic rings. The second-order valence-electron chi connectivity index (χ2n) is 6.81. The van der Waals surface area contributed by atoms with E-state index in [1.807, 2.05) is 48.9 Å². The fourth-order valence-electron chi connectivity index (χ4n) is 3.27. The molecule has 0 bridgehead atoms. The van der Waals surface area contributed by atoms with Gasteiger partial charge in [0, 0.05) is 17.8 Å². The molecule has 0 aliphatic heterocycles. The lowest BCUT2D eigenvalue weighted by Gasteiger charge is -2.20. The molecule has 0 saturated carbocycles. The van der Waals surface area contributed by atoms with Crippen LogP contribution in [0, 0.1) is 6.92 Å². The van der Waals surface area contributed by atoms with E-state index >= 15 is 0 Å². The van der Waals surface area contributed by atoms with Gasteiger partial charge in [-0.1, -0.05) is 42.5 Å². The van der Waals surface area contributed by atoms with Crippen molar-refractivity contribution in [2.24, 2.45) is 11.7 Å². The number of hydrogen-bond acceptors (Lipinski definition) is 5. The smallest absolute Gasteiger partial charge is 0.350 e. The van der Waals surface area contributed by atoms with Gasteiger partial charge in [0.15, 0.2) is 0 Å². The van der Waals surface area contributed by atoms with Crippen molar-refractivity contribution < 1.29 is 9.53 Å². The summed E-state index contributed by atoms with van der Waals surface area (Å²) in [6.45, 7) is 2.12. The fraction of sp³-hybridized carbons (Fsp3) is 0.0909. The van der Waals surface area contributed by atoms with Gasteiger partial charge >= 0.3 is 6.03 Å². The summed E-state index contributed by atoms with van der Waals surface area (Å²) in [6.07, 6.45) is 1.84. The van der Waals surface area contributed by atoms with E-state index in [4.69, 9.17) is 16.4 Å². The summed E-state index contributed by atoms with van der Waals surface area (Å²) in [5.41, 5.74) is 5.17. The van der Waals surface area contributed by atoms with Crippen LogP contribution in [-0.4, -0.2) is 15.8 Å². The van der Waals surface area contributed by atoms with Crippen LogP contribution in [-0.2, 0) is 6.61 Å². The van der Waals surface area contributed by atoms with Crippen molar-refractivity contribution in [1.82, 2.24) is 15.2 Å². The van der Waals surface area contributed by atoms with Crippen LogP contribution in [0.4, 0.5) is 10.5 Å². The average Bonchev–Trinajstić information content (AvgIpc) is 3.25. The maximum absolute atomic E-state index is 11.8. The third-order valence-electron chi connectivity index (χ3n) is 4.91. The van der Waals surface area contributed by atoms with Crippen LogP contribution in [0.5, 0.6) is 5.88 Å². The Morgan fingerprint density at radius 3 is 2.70 bits per heavy atom. The van der Waals surface area contributed by atoms with E-state index in [1.54, 1.807) is 16.8 Å². The van der Waals surface area contributed by atoms with Crippen LogP contribution < -0.4 is 26.9 Å². The second kappa shape index (κ2) is 8.24. The highest BCUT2D eigenvalue weighted by molar-refractivity contribution is 5.91. The molecular formula is C22H22N6O2. The third-order valence-corrected chi connectivity index (χ3v) is 4.91. The summed E-state index contributed by atoms with van der Waals surface area (Å²) in [7, 11) is 0. The zero-order valence-corrected chi connectivity index (χ0v) is 16.4. The van der Waals surface area contributed by atoms with E-state index in [0.717, 1.165) is 27.2 Å². The van der Waals surface area contributed by atoms with Crippen molar-refractivity contribution in [2.75, 3.05) is 5.01 Å². The minimum Gasteiger partial charge on any atom is -0.472 e. The van der Waals surface area contributed by atoms with Crippen molar-refractivity contribution >= 4 is 22.5 Å². The number of fused-ring (bicyclic) bond motifs is 1. The van der Waals surface area contributed by atoms with Crippen LogP contribution in [0.3, 0.4) is 0 Å². The number of urea groups is 1. The van der Waals surface area contributed by atoms with E-state index < -0.39 is 6.03 Å². The van der Waals surface area contributed by atoms with Crippen molar-refractivity contribution in [3.63, 3.8) is 0 Å². The molecule has 1 heterocycles. The number of nitrogens with two attached hydrogens (primary N) is 2. The van der Waals surface area contributed by atoms with Gasteiger partial charge < -0.3 is 4.74 Å². The van der Waals surface area contributed by atoms with Crippen LogP contribution in [0.1, 0.15) is 11.1 Å². The molecule has 0 fully saturated rings. The van der Waals surface area contributed by atoms with Crippen molar-refractivity contribution in [2.45, 2.75) is 13.5 Å². The fourth-order valence-corrected chi connectivity index (χ4v) is 3.27. The number of amides is 2. The number of hydrazine groups is 2. The summed E-state index contributed by atoms with van der Waals surface area (Å²) in [4.78, 5) is 11.8. The first-order valence-electron chi connectivity index (χ1n) is 9.38. The van der Waals surface area contributed by atoms with Gasteiger partial charge in [-0.3, -0.25) is 5.43 Å². The molecule has 0 aliphatic carbocycles. The monoisotopic (exact) mass is 402 g/mol. The zero-order chi connectivity index (χ0) is 21.1. The highest BCUT2D eigenvalue weighted by Gasteiger charge is 2.16. The maximum atomic E-state index is 11.8. The summed E-state index contributed by atoms with van der Waals surface area (Å²) in [6, 6.07) is 20.9. The predicted molar refractivity (Wildman–Crippen MR) is 116 cm³/mol. The van der Waals surface area contributed by atoms with Crippen LogP contribution in [0.15, 0.2) is 72.9 Å². The SMILES string of the molecule is Cc1cccc(N(N)C(=O)NN)c1COc1ccn(-c2ccc3ccccc3c2)n1. The van der Waals surface area contributed by atoms with Gasteiger partial charge in [0.25, 0.3) is 0 Å². The first-order chi connectivity index (χ1) is 14.6. The van der Waals surface area contributed by atoms with Crippen molar-refractivity contribution in [3.05, 3.63) is 84.1 Å². The summed E-state index contributed by atoms with van der Waals surface area (Å²) < 4.78 is 7.65. The lowest BCUT2D eigenvalue weighted by Crippen LogP contribution is -2.48. The first kappa shape index (κ1) is 19.4. The normalized spacial score (nSPS) is 10.8. The largest absolute Gasteiger partial charge is 0.472 e. The Morgan fingerprint density at radius 1 is 1.10 bits per heavy atom. The highest BCUT2D eigenvalue weighted by atomic mass is 16.5.